The first kappa shape index (κ1) is 9.71. The van der Waals surface area contributed by atoms with Gasteiger partial charge in [-0.2, -0.15) is 0 Å². The van der Waals surface area contributed by atoms with Gasteiger partial charge in [-0.3, -0.25) is 0 Å². The Balaban J connectivity index is 2.06. The standard InChI is InChI=1S/C11H13BrN2/c1-8-6-11(13-7-10(8)12)14-9-4-2-3-5-9/h2-3,6-7,9H,4-5H2,1H3,(H,13,14). The number of aromatic nitrogens is 1. The smallest absolute Gasteiger partial charge is 0.126 e. The van der Waals surface area contributed by atoms with Crippen molar-refractivity contribution in [2.24, 2.45) is 0 Å². The Morgan fingerprint density at radius 1 is 1.43 bits per heavy atom. The van der Waals surface area contributed by atoms with E-state index in [0.717, 1.165) is 23.1 Å². The molecule has 0 saturated carbocycles. The highest BCUT2D eigenvalue weighted by atomic mass is 79.9. The highest BCUT2D eigenvalue weighted by Crippen LogP contribution is 2.20. The van der Waals surface area contributed by atoms with Crippen molar-refractivity contribution in [1.29, 1.82) is 0 Å². The summed E-state index contributed by atoms with van der Waals surface area (Å²) in [4.78, 5) is 4.32. The van der Waals surface area contributed by atoms with E-state index in [1.165, 1.54) is 5.56 Å². The minimum absolute atomic E-state index is 0.531. The maximum absolute atomic E-state index is 4.32. The van der Waals surface area contributed by atoms with Crippen LogP contribution in [0, 0.1) is 6.92 Å². The van der Waals surface area contributed by atoms with Gasteiger partial charge in [-0.15, -0.1) is 0 Å². The summed E-state index contributed by atoms with van der Waals surface area (Å²) in [6.45, 7) is 2.07. The van der Waals surface area contributed by atoms with Crippen molar-refractivity contribution in [3.05, 3.63) is 34.5 Å². The van der Waals surface area contributed by atoms with E-state index in [2.05, 4.69) is 51.4 Å². The summed E-state index contributed by atoms with van der Waals surface area (Å²) in [6.07, 6.45) is 8.49. The minimum Gasteiger partial charge on any atom is -0.367 e. The Morgan fingerprint density at radius 2 is 2.14 bits per heavy atom. The first-order valence-corrected chi connectivity index (χ1v) is 5.58. The molecule has 0 saturated heterocycles. The Hall–Kier alpha value is -0.830. The van der Waals surface area contributed by atoms with E-state index in [4.69, 9.17) is 0 Å². The molecular weight excluding hydrogens is 240 g/mol. The first-order valence-electron chi connectivity index (χ1n) is 4.79. The summed E-state index contributed by atoms with van der Waals surface area (Å²) in [7, 11) is 0. The van der Waals surface area contributed by atoms with E-state index in [1.54, 1.807) is 0 Å². The molecule has 2 nitrogen and oxygen atoms in total. The fourth-order valence-electron chi connectivity index (χ4n) is 1.56. The summed E-state index contributed by atoms with van der Waals surface area (Å²) in [5.74, 6) is 0.972. The van der Waals surface area contributed by atoms with Crippen molar-refractivity contribution in [2.45, 2.75) is 25.8 Å². The van der Waals surface area contributed by atoms with Crippen LogP contribution in [-0.2, 0) is 0 Å². The monoisotopic (exact) mass is 252 g/mol. The molecule has 1 heterocycles. The first-order chi connectivity index (χ1) is 6.75. The molecule has 1 aromatic rings. The van der Waals surface area contributed by atoms with Gasteiger partial charge in [0, 0.05) is 16.7 Å². The van der Waals surface area contributed by atoms with Gasteiger partial charge in [0.25, 0.3) is 0 Å². The number of halogens is 1. The largest absolute Gasteiger partial charge is 0.367 e. The third kappa shape index (κ3) is 2.15. The van der Waals surface area contributed by atoms with Gasteiger partial charge in [-0.05, 0) is 47.3 Å². The molecule has 0 amide bonds. The highest BCUT2D eigenvalue weighted by Gasteiger charge is 2.10. The summed E-state index contributed by atoms with van der Waals surface area (Å²) >= 11 is 3.44. The lowest BCUT2D eigenvalue weighted by molar-refractivity contribution is 0.780. The number of nitrogens with one attached hydrogen (secondary N) is 1. The summed E-state index contributed by atoms with van der Waals surface area (Å²) in [5.41, 5.74) is 1.22. The van der Waals surface area contributed by atoms with E-state index in [1.807, 2.05) is 6.20 Å². The predicted octanol–water partition coefficient (Wildman–Crippen LogP) is 3.28. The molecule has 0 atom stereocenters. The minimum atomic E-state index is 0.531. The molecule has 0 fully saturated rings. The van der Waals surface area contributed by atoms with E-state index in [-0.39, 0.29) is 0 Å². The molecule has 1 aromatic heterocycles. The average molecular weight is 253 g/mol. The molecule has 2 rings (SSSR count). The molecule has 74 valence electrons. The number of aryl methyl sites for hydroxylation is 1. The van der Waals surface area contributed by atoms with Gasteiger partial charge >= 0.3 is 0 Å². The molecule has 14 heavy (non-hydrogen) atoms. The second-order valence-electron chi connectivity index (χ2n) is 3.60. The van der Waals surface area contributed by atoms with Crippen LogP contribution in [0.2, 0.25) is 0 Å². The summed E-state index contributed by atoms with van der Waals surface area (Å²) in [6, 6.07) is 2.60. The van der Waals surface area contributed by atoms with E-state index in [9.17, 15) is 0 Å². The van der Waals surface area contributed by atoms with Gasteiger partial charge in [-0.25, -0.2) is 4.98 Å². The van der Waals surface area contributed by atoms with Crippen molar-refractivity contribution in [2.75, 3.05) is 5.32 Å². The number of anilines is 1. The van der Waals surface area contributed by atoms with Crippen LogP contribution in [-0.4, -0.2) is 11.0 Å². The van der Waals surface area contributed by atoms with Crippen LogP contribution in [0.3, 0.4) is 0 Å². The summed E-state index contributed by atoms with van der Waals surface area (Å²) in [5, 5.41) is 3.41. The van der Waals surface area contributed by atoms with Crippen molar-refractivity contribution in [1.82, 2.24) is 4.98 Å². The Kier molecular flexibility index (Phi) is 2.87. The zero-order valence-electron chi connectivity index (χ0n) is 8.13. The Morgan fingerprint density at radius 3 is 2.79 bits per heavy atom. The second kappa shape index (κ2) is 4.13. The van der Waals surface area contributed by atoms with Crippen LogP contribution in [0.5, 0.6) is 0 Å². The quantitative estimate of drug-likeness (QED) is 0.818. The number of hydrogen-bond donors (Lipinski definition) is 1. The van der Waals surface area contributed by atoms with Gasteiger partial charge in [-0.1, -0.05) is 12.2 Å². The molecule has 3 heteroatoms. The number of nitrogens with zero attached hydrogens (tertiary/aromatic N) is 1. The van der Waals surface area contributed by atoms with Gasteiger partial charge in [0.15, 0.2) is 0 Å². The molecular formula is C11H13BrN2. The molecule has 0 aliphatic heterocycles. The van der Waals surface area contributed by atoms with Crippen molar-refractivity contribution < 1.29 is 0 Å². The van der Waals surface area contributed by atoms with Crippen molar-refractivity contribution in [3.8, 4) is 0 Å². The number of hydrogen-bond acceptors (Lipinski definition) is 2. The average Bonchev–Trinajstić information content (AvgIpc) is 2.64. The molecule has 0 unspecified atom stereocenters. The maximum Gasteiger partial charge on any atom is 0.126 e. The van der Waals surface area contributed by atoms with Crippen LogP contribution < -0.4 is 5.32 Å². The molecule has 1 N–H and O–H groups in total. The molecule has 0 aromatic carbocycles. The zero-order valence-corrected chi connectivity index (χ0v) is 9.71. The Bertz CT molecular complexity index is 352. The normalized spacial score (nSPS) is 16.1. The van der Waals surface area contributed by atoms with Crippen LogP contribution in [0.25, 0.3) is 0 Å². The van der Waals surface area contributed by atoms with Crippen LogP contribution >= 0.6 is 15.9 Å². The molecule has 0 spiro atoms. The zero-order chi connectivity index (χ0) is 9.97. The molecule has 0 radical (unpaired) electrons. The van der Waals surface area contributed by atoms with Crippen LogP contribution in [0.4, 0.5) is 5.82 Å². The Labute approximate surface area is 92.6 Å². The fourth-order valence-corrected chi connectivity index (χ4v) is 1.78. The second-order valence-corrected chi connectivity index (χ2v) is 4.46. The SMILES string of the molecule is Cc1cc(NC2CC=CC2)ncc1Br. The van der Waals surface area contributed by atoms with Crippen LogP contribution in [0.15, 0.2) is 28.9 Å². The number of pyridine rings is 1. The lowest BCUT2D eigenvalue weighted by atomic mass is 10.2. The highest BCUT2D eigenvalue weighted by molar-refractivity contribution is 9.10. The van der Waals surface area contributed by atoms with Crippen LogP contribution in [0.1, 0.15) is 18.4 Å². The van der Waals surface area contributed by atoms with Crippen molar-refractivity contribution >= 4 is 21.7 Å². The number of rotatable bonds is 2. The van der Waals surface area contributed by atoms with Gasteiger partial charge in [0.2, 0.25) is 0 Å². The summed E-state index contributed by atoms with van der Waals surface area (Å²) < 4.78 is 1.06. The predicted molar refractivity (Wildman–Crippen MR) is 62.5 cm³/mol. The van der Waals surface area contributed by atoms with Gasteiger partial charge < -0.3 is 5.32 Å². The molecule has 0 bridgehead atoms. The van der Waals surface area contributed by atoms with E-state index >= 15 is 0 Å². The van der Waals surface area contributed by atoms with E-state index in [0.29, 0.717) is 6.04 Å². The topological polar surface area (TPSA) is 24.9 Å². The van der Waals surface area contributed by atoms with Gasteiger partial charge in [0.1, 0.15) is 5.82 Å². The lowest BCUT2D eigenvalue weighted by Gasteiger charge is -2.13. The fraction of sp³-hybridized carbons (Fsp3) is 0.364. The van der Waals surface area contributed by atoms with E-state index < -0.39 is 0 Å². The lowest BCUT2D eigenvalue weighted by Crippen LogP contribution is -2.15. The van der Waals surface area contributed by atoms with Crippen molar-refractivity contribution in [3.63, 3.8) is 0 Å². The maximum atomic E-state index is 4.32. The molecule has 1 aliphatic rings. The molecule has 1 aliphatic carbocycles. The third-order valence-corrected chi connectivity index (χ3v) is 3.24. The van der Waals surface area contributed by atoms with Gasteiger partial charge in [0.05, 0.1) is 0 Å². The third-order valence-electron chi connectivity index (χ3n) is 2.41.